The van der Waals surface area contributed by atoms with Gasteiger partial charge in [0, 0.05) is 0 Å². The van der Waals surface area contributed by atoms with Crippen LogP contribution in [-0.2, 0) is 4.79 Å². The summed E-state index contributed by atoms with van der Waals surface area (Å²) in [7, 11) is 0. The summed E-state index contributed by atoms with van der Waals surface area (Å²) in [6.07, 6.45) is 4.85. The first-order valence-corrected chi connectivity index (χ1v) is 7.63. The summed E-state index contributed by atoms with van der Waals surface area (Å²) in [4.78, 5) is 13.4. The van der Waals surface area contributed by atoms with Crippen molar-refractivity contribution in [2.75, 3.05) is 32.7 Å². The van der Waals surface area contributed by atoms with Gasteiger partial charge in [-0.2, -0.15) is 0 Å². The van der Waals surface area contributed by atoms with Gasteiger partial charge in [0.15, 0.2) is 0 Å². The topological polar surface area (TPSA) is 32.3 Å². The molecular weight excluding hydrogens is 224 g/mol. The maximum Gasteiger partial charge on any atom is 0.143 e. The van der Waals surface area contributed by atoms with Crippen LogP contribution in [0.2, 0.25) is 0 Å². The summed E-state index contributed by atoms with van der Waals surface area (Å²) in [6, 6.07) is 0. The summed E-state index contributed by atoms with van der Waals surface area (Å²) >= 11 is 0. The van der Waals surface area contributed by atoms with Gasteiger partial charge in [0.05, 0.1) is 6.54 Å². The number of Topliss-reactive ketones (excluding diaryl/α,β-unsaturated/α-hetero) is 1. The maximum atomic E-state index is 11.1. The van der Waals surface area contributed by atoms with Crippen LogP contribution in [0, 0.1) is 0 Å². The standard InChI is InChI=1S/C13H28N2O.C2H6/c1-4-6-7-10-15(12-13(3)16)11-8-9-14-5-2;1-2/h14H,4-12H2,1-3H3;1-2H3. The Morgan fingerprint density at radius 2 is 1.67 bits per heavy atom. The zero-order valence-corrected chi connectivity index (χ0v) is 13.2. The first-order valence-electron chi connectivity index (χ1n) is 7.63. The van der Waals surface area contributed by atoms with E-state index in [-0.39, 0.29) is 5.78 Å². The lowest BCUT2D eigenvalue weighted by Gasteiger charge is -2.20. The Hall–Kier alpha value is -0.410. The fourth-order valence-electron chi connectivity index (χ4n) is 1.77. The van der Waals surface area contributed by atoms with Crippen LogP contribution in [0.5, 0.6) is 0 Å². The third-order valence-corrected chi connectivity index (χ3v) is 2.60. The lowest BCUT2D eigenvalue weighted by Crippen LogP contribution is -2.32. The molecule has 0 aliphatic rings. The Bertz CT molecular complexity index is 172. The third kappa shape index (κ3) is 15.6. The van der Waals surface area contributed by atoms with Crippen molar-refractivity contribution in [1.82, 2.24) is 10.2 Å². The highest BCUT2D eigenvalue weighted by molar-refractivity contribution is 5.77. The minimum Gasteiger partial charge on any atom is -0.317 e. The molecule has 0 aliphatic carbocycles. The van der Waals surface area contributed by atoms with Crippen LogP contribution in [-0.4, -0.2) is 43.4 Å². The van der Waals surface area contributed by atoms with E-state index in [1.54, 1.807) is 6.92 Å². The molecule has 0 saturated carbocycles. The Kier molecular flexibility index (Phi) is 18.4. The Morgan fingerprint density at radius 3 is 2.17 bits per heavy atom. The number of ketones is 1. The van der Waals surface area contributed by atoms with E-state index in [1.807, 2.05) is 13.8 Å². The van der Waals surface area contributed by atoms with E-state index in [2.05, 4.69) is 24.1 Å². The number of rotatable bonds is 11. The number of nitrogens with zero attached hydrogens (tertiary/aromatic N) is 1. The van der Waals surface area contributed by atoms with Gasteiger partial charge in [-0.15, -0.1) is 0 Å². The predicted molar refractivity (Wildman–Crippen MR) is 81.2 cm³/mol. The van der Waals surface area contributed by atoms with Crippen LogP contribution in [0.15, 0.2) is 0 Å². The zero-order valence-electron chi connectivity index (χ0n) is 13.2. The second kappa shape index (κ2) is 16.6. The molecule has 3 heteroatoms. The molecule has 0 aliphatic heterocycles. The molecule has 0 aromatic heterocycles. The summed E-state index contributed by atoms with van der Waals surface area (Å²) in [5, 5.41) is 3.31. The van der Waals surface area contributed by atoms with Crippen molar-refractivity contribution in [2.45, 2.75) is 60.3 Å². The van der Waals surface area contributed by atoms with E-state index < -0.39 is 0 Å². The molecule has 0 atom stereocenters. The van der Waals surface area contributed by atoms with E-state index in [0.29, 0.717) is 6.54 Å². The van der Waals surface area contributed by atoms with Crippen LogP contribution in [0.25, 0.3) is 0 Å². The van der Waals surface area contributed by atoms with Crippen molar-refractivity contribution in [1.29, 1.82) is 0 Å². The van der Waals surface area contributed by atoms with Gasteiger partial charge in [0.25, 0.3) is 0 Å². The van der Waals surface area contributed by atoms with Crippen molar-refractivity contribution in [3.63, 3.8) is 0 Å². The second-order valence-corrected chi connectivity index (χ2v) is 4.39. The highest BCUT2D eigenvalue weighted by Gasteiger charge is 2.06. The van der Waals surface area contributed by atoms with Gasteiger partial charge in [-0.3, -0.25) is 9.69 Å². The molecule has 0 radical (unpaired) electrons. The smallest absolute Gasteiger partial charge is 0.143 e. The molecule has 0 aromatic carbocycles. The number of carbonyl (C=O) groups is 1. The average Bonchev–Trinajstić information content (AvgIpc) is 2.36. The molecule has 0 heterocycles. The molecule has 18 heavy (non-hydrogen) atoms. The summed E-state index contributed by atoms with van der Waals surface area (Å²) in [5.74, 6) is 0.278. The molecule has 110 valence electrons. The summed E-state index contributed by atoms with van der Waals surface area (Å²) in [6.45, 7) is 14.8. The van der Waals surface area contributed by atoms with Crippen molar-refractivity contribution >= 4 is 5.78 Å². The fourth-order valence-corrected chi connectivity index (χ4v) is 1.77. The van der Waals surface area contributed by atoms with Gasteiger partial charge in [-0.05, 0) is 45.9 Å². The van der Waals surface area contributed by atoms with Crippen molar-refractivity contribution in [3.05, 3.63) is 0 Å². The van der Waals surface area contributed by atoms with Crippen LogP contribution < -0.4 is 5.32 Å². The molecule has 0 amide bonds. The van der Waals surface area contributed by atoms with E-state index in [0.717, 1.165) is 32.6 Å². The molecule has 0 unspecified atom stereocenters. The molecule has 1 N–H and O–H groups in total. The molecule has 0 spiro atoms. The quantitative estimate of drug-likeness (QED) is 0.578. The van der Waals surface area contributed by atoms with E-state index in [9.17, 15) is 4.79 Å². The molecule has 0 fully saturated rings. The SMILES string of the molecule is CC.CCCCCN(CCCNCC)CC(C)=O. The molecular formula is C15H34N2O. The average molecular weight is 258 g/mol. The lowest BCUT2D eigenvalue weighted by molar-refractivity contribution is -0.118. The Balaban J connectivity index is 0. The Morgan fingerprint density at radius 1 is 1.06 bits per heavy atom. The second-order valence-electron chi connectivity index (χ2n) is 4.39. The molecule has 3 nitrogen and oxygen atoms in total. The van der Waals surface area contributed by atoms with E-state index >= 15 is 0 Å². The van der Waals surface area contributed by atoms with Gasteiger partial charge >= 0.3 is 0 Å². The van der Waals surface area contributed by atoms with Crippen molar-refractivity contribution in [2.24, 2.45) is 0 Å². The van der Waals surface area contributed by atoms with Crippen LogP contribution in [0.1, 0.15) is 60.3 Å². The zero-order chi connectivity index (χ0) is 14.2. The highest BCUT2D eigenvalue weighted by Crippen LogP contribution is 1.99. The van der Waals surface area contributed by atoms with Crippen LogP contribution >= 0.6 is 0 Å². The van der Waals surface area contributed by atoms with E-state index in [1.165, 1.54) is 19.3 Å². The molecule has 0 saturated heterocycles. The minimum absolute atomic E-state index is 0.278. The van der Waals surface area contributed by atoms with E-state index in [4.69, 9.17) is 0 Å². The predicted octanol–water partition coefficient (Wildman–Crippen LogP) is 3.09. The summed E-state index contributed by atoms with van der Waals surface area (Å²) < 4.78 is 0. The van der Waals surface area contributed by atoms with Gasteiger partial charge in [-0.1, -0.05) is 40.5 Å². The largest absolute Gasteiger partial charge is 0.317 e. The number of nitrogens with one attached hydrogen (secondary N) is 1. The number of hydrogen-bond donors (Lipinski definition) is 1. The monoisotopic (exact) mass is 258 g/mol. The van der Waals surface area contributed by atoms with Gasteiger partial charge < -0.3 is 5.32 Å². The molecule has 0 bridgehead atoms. The number of hydrogen-bond acceptors (Lipinski definition) is 3. The first-order chi connectivity index (χ1) is 8.70. The van der Waals surface area contributed by atoms with Gasteiger partial charge in [0.2, 0.25) is 0 Å². The number of unbranched alkanes of at least 4 members (excludes halogenated alkanes) is 2. The number of carbonyl (C=O) groups excluding carboxylic acids is 1. The normalized spacial score (nSPS) is 10.1. The lowest BCUT2D eigenvalue weighted by atomic mass is 10.2. The van der Waals surface area contributed by atoms with Crippen molar-refractivity contribution in [3.8, 4) is 0 Å². The summed E-state index contributed by atoms with van der Waals surface area (Å²) in [5.41, 5.74) is 0. The van der Waals surface area contributed by atoms with Crippen molar-refractivity contribution < 1.29 is 4.79 Å². The Labute approximate surface area is 114 Å². The highest BCUT2D eigenvalue weighted by atomic mass is 16.1. The minimum atomic E-state index is 0.278. The molecule has 0 aromatic rings. The fraction of sp³-hybridized carbons (Fsp3) is 0.933. The third-order valence-electron chi connectivity index (χ3n) is 2.60. The van der Waals surface area contributed by atoms with Crippen LogP contribution in [0.3, 0.4) is 0 Å². The maximum absolute atomic E-state index is 11.1. The first kappa shape index (κ1) is 19.9. The van der Waals surface area contributed by atoms with Gasteiger partial charge in [-0.25, -0.2) is 0 Å². The van der Waals surface area contributed by atoms with Gasteiger partial charge in [0.1, 0.15) is 5.78 Å². The molecule has 0 rings (SSSR count). The van der Waals surface area contributed by atoms with Crippen LogP contribution in [0.4, 0.5) is 0 Å².